The number of carbonyl (C=O) groups excluding carboxylic acids is 1. The topological polar surface area (TPSA) is 75.5 Å². The van der Waals surface area contributed by atoms with E-state index in [1.165, 1.54) is 12.1 Å². The molecule has 28 heavy (non-hydrogen) atoms. The summed E-state index contributed by atoms with van der Waals surface area (Å²) in [6.07, 6.45) is -0.497. The first-order valence-electron chi connectivity index (χ1n) is 8.99. The molecule has 0 saturated carbocycles. The van der Waals surface area contributed by atoms with Gasteiger partial charge in [-0.3, -0.25) is 14.9 Å². The molecule has 140 valence electrons. The number of carbonyl (C=O) groups is 1. The highest BCUT2D eigenvalue weighted by Crippen LogP contribution is 2.35. The van der Waals surface area contributed by atoms with Crippen LogP contribution in [0.5, 0.6) is 0 Å². The Labute approximate surface area is 162 Å². The highest BCUT2D eigenvalue weighted by molar-refractivity contribution is 6.01. The summed E-state index contributed by atoms with van der Waals surface area (Å²) in [7, 11) is 0. The molecule has 0 unspecified atom stereocenters. The summed E-state index contributed by atoms with van der Waals surface area (Å²) in [6.45, 7) is 2.41. The Kier molecular flexibility index (Phi) is 4.53. The first-order valence-corrected chi connectivity index (χ1v) is 8.99. The summed E-state index contributed by atoms with van der Waals surface area (Å²) in [4.78, 5) is 25.7. The minimum Gasteiger partial charge on any atom is -0.361 e. The lowest BCUT2D eigenvalue weighted by Crippen LogP contribution is -2.42. The van der Waals surface area contributed by atoms with Gasteiger partial charge >= 0.3 is 0 Å². The molecule has 4 rings (SSSR count). The van der Waals surface area contributed by atoms with Gasteiger partial charge in [0.15, 0.2) is 0 Å². The van der Waals surface area contributed by atoms with E-state index in [9.17, 15) is 14.9 Å². The average Bonchev–Trinajstić information content (AvgIpc) is 2.71. The van der Waals surface area contributed by atoms with Crippen LogP contribution in [0.1, 0.15) is 33.2 Å². The Balaban J connectivity index is 1.76. The van der Waals surface area contributed by atoms with E-state index >= 15 is 0 Å². The van der Waals surface area contributed by atoms with Gasteiger partial charge in [0.1, 0.15) is 6.17 Å². The van der Waals surface area contributed by atoms with Crippen LogP contribution >= 0.6 is 0 Å². The lowest BCUT2D eigenvalue weighted by Gasteiger charge is -2.38. The van der Waals surface area contributed by atoms with Crippen molar-refractivity contribution >= 4 is 17.3 Å². The van der Waals surface area contributed by atoms with E-state index in [2.05, 4.69) is 5.32 Å². The Morgan fingerprint density at radius 3 is 2.54 bits per heavy atom. The van der Waals surface area contributed by atoms with Crippen molar-refractivity contribution < 1.29 is 9.72 Å². The van der Waals surface area contributed by atoms with Crippen LogP contribution in [0, 0.1) is 17.0 Å². The van der Waals surface area contributed by atoms with Crippen molar-refractivity contribution in [3.63, 3.8) is 0 Å². The molecule has 1 aliphatic rings. The number of non-ortho nitro benzene ring substituents is 1. The predicted molar refractivity (Wildman–Crippen MR) is 107 cm³/mol. The number of anilines is 1. The molecule has 0 spiro atoms. The third kappa shape index (κ3) is 3.32. The lowest BCUT2D eigenvalue weighted by molar-refractivity contribution is -0.384. The Bertz CT molecular complexity index is 1050. The molecule has 1 atom stereocenters. The van der Waals surface area contributed by atoms with Crippen molar-refractivity contribution in [3.8, 4) is 0 Å². The Morgan fingerprint density at radius 1 is 1.04 bits per heavy atom. The Hall–Kier alpha value is -3.67. The van der Waals surface area contributed by atoms with Crippen molar-refractivity contribution in [2.75, 3.05) is 5.32 Å². The molecule has 1 amide bonds. The zero-order valence-corrected chi connectivity index (χ0v) is 15.3. The molecular formula is C22H19N3O3. The number of hydrogen-bond donors (Lipinski definition) is 1. The quantitative estimate of drug-likeness (QED) is 0.533. The van der Waals surface area contributed by atoms with Crippen LogP contribution in [-0.2, 0) is 6.54 Å². The summed E-state index contributed by atoms with van der Waals surface area (Å²) in [5, 5.41) is 14.6. The number of nitrogens with zero attached hydrogens (tertiary/aromatic N) is 2. The maximum atomic E-state index is 13.2. The molecule has 1 heterocycles. The third-order valence-electron chi connectivity index (χ3n) is 4.89. The summed E-state index contributed by atoms with van der Waals surface area (Å²) in [5.41, 5.74) is 4.13. The van der Waals surface area contributed by atoms with Crippen LogP contribution in [0.3, 0.4) is 0 Å². The third-order valence-corrected chi connectivity index (χ3v) is 4.89. The number of nitrogens with one attached hydrogen (secondary N) is 1. The zero-order valence-electron chi connectivity index (χ0n) is 15.3. The summed E-state index contributed by atoms with van der Waals surface area (Å²) < 4.78 is 0. The van der Waals surface area contributed by atoms with E-state index < -0.39 is 11.1 Å². The Morgan fingerprint density at radius 2 is 1.79 bits per heavy atom. The number of benzene rings is 3. The van der Waals surface area contributed by atoms with Crippen molar-refractivity contribution in [1.29, 1.82) is 0 Å². The van der Waals surface area contributed by atoms with Gasteiger partial charge < -0.3 is 10.2 Å². The number of amides is 1. The SMILES string of the molecule is Cc1ccc(CN2C(=O)c3ccccc3N[C@@H]2c2cccc([N+](=O)[O-])c2)cc1. The van der Waals surface area contributed by atoms with E-state index in [0.29, 0.717) is 17.7 Å². The van der Waals surface area contributed by atoms with Crippen LogP contribution < -0.4 is 5.32 Å². The maximum Gasteiger partial charge on any atom is 0.269 e. The summed E-state index contributed by atoms with van der Waals surface area (Å²) in [5.74, 6) is -0.105. The standard InChI is InChI=1S/C22H19N3O3/c1-15-9-11-16(12-10-15)14-24-21(17-5-4-6-18(13-17)25(27)28)23-20-8-3-2-7-19(20)22(24)26/h2-13,21,23H,14H2,1H3/t21-/m0/s1. The number of aryl methyl sites for hydroxylation is 1. The first-order chi connectivity index (χ1) is 13.5. The molecule has 3 aromatic rings. The van der Waals surface area contributed by atoms with Crippen molar-refractivity contribution in [2.45, 2.75) is 19.6 Å². The molecule has 0 aromatic heterocycles. The van der Waals surface area contributed by atoms with E-state index in [4.69, 9.17) is 0 Å². The molecule has 1 aliphatic heterocycles. The van der Waals surface area contributed by atoms with Gasteiger partial charge in [-0.25, -0.2) is 0 Å². The monoisotopic (exact) mass is 373 g/mol. The number of nitro benzene ring substituents is 1. The fourth-order valence-corrected chi connectivity index (χ4v) is 3.42. The van der Waals surface area contributed by atoms with E-state index in [1.54, 1.807) is 23.1 Å². The lowest BCUT2D eigenvalue weighted by atomic mass is 10.0. The molecule has 0 bridgehead atoms. The number of hydrogen-bond acceptors (Lipinski definition) is 4. The van der Waals surface area contributed by atoms with Crippen LogP contribution in [0.15, 0.2) is 72.8 Å². The van der Waals surface area contributed by atoms with Gasteiger partial charge in [-0.15, -0.1) is 0 Å². The largest absolute Gasteiger partial charge is 0.361 e. The van der Waals surface area contributed by atoms with Crippen LogP contribution in [0.25, 0.3) is 0 Å². The second-order valence-corrected chi connectivity index (χ2v) is 6.86. The van der Waals surface area contributed by atoms with E-state index in [-0.39, 0.29) is 11.6 Å². The van der Waals surface area contributed by atoms with Crippen LogP contribution in [0.2, 0.25) is 0 Å². The maximum absolute atomic E-state index is 13.2. The first kappa shape index (κ1) is 17.7. The molecule has 6 nitrogen and oxygen atoms in total. The van der Waals surface area contributed by atoms with Gasteiger partial charge in [0.25, 0.3) is 11.6 Å². The predicted octanol–water partition coefficient (Wildman–Crippen LogP) is 4.67. The fourth-order valence-electron chi connectivity index (χ4n) is 3.42. The van der Waals surface area contributed by atoms with Gasteiger partial charge in [-0.05, 0) is 24.6 Å². The molecule has 0 aliphatic carbocycles. The minimum atomic E-state index is -0.497. The molecule has 0 radical (unpaired) electrons. The van der Waals surface area contributed by atoms with Crippen molar-refractivity contribution in [3.05, 3.63) is 105 Å². The van der Waals surface area contributed by atoms with Crippen molar-refractivity contribution in [2.24, 2.45) is 0 Å². The number of para-hydroxylation sites is 1. The molecule has 0 saturated heterocycles. The molecule has 3 aromatic carbocycles. The molecular weight excluding hydrogens is 354 g/mol. The second kappa shape index (κ2) is 7.15. The normalized spacial score (nSPS) is 15.7. The summed E-state index contributed by atoms with van der Waals surface area (Å²) in [6, 6.07) is 21.7. The van der Waals surface area contributed by atoms with Gasteiger partial charge in [0, 0.05) is 29.9 Å². The van der Waals surface area contributed by atoms with Crippen molar-refractivity contribution in [1.82, 2.24) is 4.90 Å². The molecule has 0 fully saturated rings. The highest BCUT2D eigenvalue weighted by atomic mass is 16.6. The van der Waals surface area contributed by atoms with Gasteiger partial charge in [0.2, 0.25) is 0 Å². The van der Waals surface area contributed by atoms with Gasteiger partial charge in [-0.1, -0.05) is 54.1 Å². The minimum absolute atomic E-state index is 0.000827. The number of rotatable bonds is 4. The number of fused-ring (bicyclic) bond motifs is 1. The van der Waals surface area contributed by atoms with Crippen LogP contribution in [0.4, 0.5) is 11.4 Å². The van der Waals surface area contributed by atoms with Gasteiger partial charge in [-0.2, -0.15) is 0 Å². The van der Waals surface area contributed by atoms with E-state index in [0.717, 1.165) is 16.8 Å². The number of nitro groups is 1. The van der Waals surface area contributed by atoms with Crippen LogP contribution in [-0.4, -0.2) is 15.7 Å². The van der Waals surface area contributed by atoms with Gasteiger partial charge in [0.05, 0.1) is 10.5 Å². The molecule has 1 N–H and O–H groups in total. The highest BCUT2D eigenvalue weighted by Gasteiger charge is 2.33. The zero-order chi connectivity index (χ0) is 19.7. The molecule has 6 heteroatoms. The smallest absolute Gasteiger partial charge is 0.269 e. The van der Waals surface area contributed by atoms with E-state index in [1.807, 2.05) is 49.4 Å². The summed E-state index contributed by atoms with van der Waals surface area (Å²) >= 11 is 0. The fraction of sp³-hybridized carbons (Fsp3) is 0.136. The average molecular weight is 373 g/mol. The second-order valence-electron chi connectivity index (χ2n) is 6.86.